The molecule has 1 aromatic carbocycles. The van der Waals surface area contributed by atoms with Crippen LogP contribution in [0.4, 0.5) is 10.1 Å². The minimum absolute atomic E-state index is 0.124. The molecule has 1 saturated heterocycles. The summed E-state index contributed by atoms with van der Waals surface area (Å²) in [6.07, 6.45) is 6.44. The summed E-state index contributed by atoms with van der Waals surface area (Å²) in [6.45, 7) is 2.00. The molecule has 2 N–H and O–H groups in total. The minimum Gasteiger partial charge on any atom is -0.371 e. The van der Waals surface area contributed by atoms with Crippen LogP contribution in [0.15, 0.2) is 30.5 Å². The van der Waals surface area contributed by atoms with Crippen molar-refractivity contribution in [1.29, 1.82) is 0 Å². The van der Waals surface area contributed by atoms with Crippen molar-refractivity contribution in [3.63, 3.8) is 0 Å². The molecule has 0 unspecified atom stereocenters. The number of hydrogen-bond acceptors (Lipinski definition) is 3. The summed E-state index contributed by atoms with van der Waals surface area (Å²) in [6, 6.07) is 6.81. The second-order valence-electron chi connectivity index (χ2n) is 6.49. The van der Waals surface area contributed by atoms with Crippen LogP contribution < -0.4 is 10.6 Å². The highest BCUT2D eigenvalue weighted by Gasteiger charge is 2.46. The second kappa shape index (κ2) is 4.67. The molecule has 1 aliphatic heterocycles. The van der Waals surface area contributed by atoms with Crippen molar-refractivity contribution in [3.8, 4) is 0 Å². The lowest BCUT2D eigenvalue weighted by Crippen LogP contribution is -2.42. The fraction of sp³-hybridized carbons (Fsp3) is 0.471. The first-order valence-corrected chi connectivity index (χ1v) is 7.74. The molecule has 2 aliphatic rings. The molecule has 4 rings (SSSR count). The van der Waals surface area contributed by atoms with Crippen LogP contribution in [0.5, 0.6) is 0 Å². The van der Waals surface area contributed by atoms with Gasteiger partial charge in [0.2, 0.25) is 0 Å². The number of nitrogens with two attached hydrogens (primary N) is 1. The van der Waals surface area contributed by atoms with E-state index < -0.39 is 0 Å². The summed E-state index contributed by atoms with van der Waals surface area (Å²) in [5.41, 5.74) is 8.41. The van der Waals surface area contributed by atoms with Gasteiger partial charge in [-0.05, 0) is 55.9 Å². The number of pyridine rings is 1. The quantitative estimate of drug-likeness (QED) is 0.922. The van der Waals surface area contributed by atoms with Gasteiger partial charge in [0.1, 0.15) is 5.82 Å². The maximum Gasteiger partial charge on any atom is 0.124 e. The van der Waals surface area contributed by atoms with Crippen LogP contribution in [0.1, 0.15) is 25.7 Å². The maximum atomic E-state index is 13.5. The van der Waals surface area contributed by atoms with E-state index in [9.17, 15) is 4.39 Å². The summed E-state index contributed by atoms with van der Waals surface area (Å²) >= 11 is 0. The molecule has 0 radical (unpaired) electrons. The predicted octanol–water partition coefficient (Wildman–Crippen LogP) is 3.08. The summed E-state index contributed by atoms with van der Waals surface area (Å²) in [7, 11) is 0. The Kier molecular flexibility index (Phi) is 2.89. The van der Waals surface area contributed by atoms with Gasteiger partial charge in [-0.3, -0.25) is 4.98 Å². The molecule has 1 aliphatic carbocycles. The van der Waals surface area contributed by atoms with Gasteiger partial charge in [0.15, 0.2) is 0 Å². The van der Waals surface area contributed by atoms with Gasteiger partial charge in [-0.2, -0.15) is 0 Å². The Morgan fingerprint density at radius 1 is 1.19 bits per heavy atom. The fourth-order valence-corrected chi connectivity index (χ4v) is 3.63. The summed E-state index contributed by atoms with van der Waals surface area (Å²) in [5.74, 6) is 0.448. The molecule has 4 heteroatoms. The van der Waals surface area contributed by atoms with E-state index in [2.05, 4.69) is 9.88 Å². The monoisotopic (exact) mass is 285 g/mol. The average Bonchev–Trinajstić information content (AvgIpc) is 3.26. The van der Waals surface area contributed by atoms with Gasteiger partial charge >= 0.3 is 0 Å². The Balaban J connectivity index is 1.61. The molecular formula is C17H20FN3. The summed E-state index contributed by atoms with van der Waals surface area (Å²) in [4.78, 5) is 6.68. The van der Waals surface area contributed by atoms with Crippen LogP contribution in [-0.2, 0) is 0 Å². The smallest absolute Gasteiger partial charge is 0.124 e. The van der Waals surface area contributed by atoms with Crippen molar-refractivity contribution in [2.45, 2.75) is 31.2 Å². The topological polar surface area (TPSA) is 42.1 Å². The summed E-state index contributed by atoms with van der Waals surface area (Å²) < 4.78 is 13.5. The van der Waals surface area contributed by atoms with Crippen LogP contribution in [0.25, 0.3) is 10.9 Å². The van der Waals surface area contributed by atoms with E-state index in [-0.39, 0.29) is 11.4 Å². The molecule has 2 heterocycles. The van der Waals surface area contributed by atoms with E-state index in [1.165, 1.54) is 18.9 Å². The molecule has 0 bridgehead atoms. The minimum atomic E-state index is -0.203. The van der Waals surface area contributed by atoms with Gasteiger partial charge in [-0.25, -0.2) is 4.39 Å². The van der Waals surface area contributed by atoms with Gasteiger partial charge in [0.05, 0.1) is 5.52 Å². The van der Waals surface area contributed by atoms with E-state index in [0.717, 1.165) is 42.5 Å². The van der Waals surface area contributed by atoms with Crippen molar-refractivity contribution in [2.75, 3.05) is 18.0 Å². The number of benzene rings is 1. The molecule has 110 valence electrons. The fourth-order valence-electron chi connectivity index (χ4n) is 3.63. The molecule has 2 aromatic rings. The lowest BCUT2D eigenvalue weighted by Gasteiger charge is -2.36. The molecule has 1 saturated carbocycles. The maximum absolute atomic E-state index is 13.5. The van der Waals surface area contributed by atoms with Crippen LogP contribution in [0.2, 0.25) is 0 Å². The molecule has 0 spiro atoms. The number of anilines is 1. The third kappa shape index (κ3) is 2.27. The largest absolute Gasteiger partial charge is 0.371 e. The Labute approximate surface area is 124 Å². The highest BCUT2D eigenvalue weighted by molar-refractivity contribution is 5.91. The van der Waals surface area contributed by atoms with E-state index in [4.69, 9.17) is 5.73 Å². The number of halogens is 1. The van der Waals surface area contributed by atoms with Gasteiger partial charge in [-0.15, -0.1) is 0 Å². The van der Waals surface area contributed by atoms with Gasteiger partial charge in [0, 0.05) is 35.9 Å². The molecule has 0 amide bonds. The zero-order valence-electron chi connectivity index (χ0n) is 12.1. The Morgan fingerprint density at radius 3 is 2.67 bits per heavy atom. The van der Waals surface area contributed by atoms with Gasteiger partial charge < -0.3 is 10.6 Å². The predicted molar refractivity (Wildman–Crippen MR) is 82.8 cm³/mol. The first-order valence-electron chi connectivity index (χ1n) is 7.74. The molecule has 0 atom stereocenters. The number of rotatable bonds is 2. The molecular weight excluding hydrogens is 265 g/mol. The number of hydrogen-bond donors (Lipinski definition) is 1. The third-order valence-electron chi connectivity index (χ3n) is 5.16. The van der Waals surface area contributed by atoms with Gasteiger partial charge in [-0.1, -0.05) is 0 Å². The van der Waals surface area contributed by atoms with E-state index >= 15 is 0 Å². The highest BCUT2D eigenvalue weighted by atomic mass is 19.1. The lowest BCUT2D eigenvalue weighted by molar-refractivity contribution is 0.325. The van der Waals surface area contributed by atoms with E-state index in [1.54, 1.807) is 12.1 Å². The molecule has 2 fully saturated rings. The van der Waals surface area contributed by atoms with Crippen LogP contribution in [0.3, 0.4) is 0 Å². The zero-order chi connectivity index (χ0) is 14.4. The SMILES string of the molecule is NC1(C2CCN(c3ccnc4ccc(F)cc34)CC2)CC1. The Morgan fingerprint density at radius 2 is 1.95 bits per heavy atom. The highest BCUT2D eigenvalue weighted by Crippen LogP contribution is 2.44. The van der Waals surface area contributed by atoms with Crippen molar-refractivity contribution in [1.82, 2.24) is 4.98 Å². The molecule has 21 heavy (non-hydrogen) atoms. The van der Waals surface area contributed by atoms with Crippen LogP contribution in [0, 0.1) is 11.7 Å². The van der Waals surface area contributed by atoms with Crippen molar-refractivity contribution < 1.29 is 4.39 Å². The van der Waals surface area contributed by atoms with Crippen molar-refractivity contribution in [2.24, 2.45) is 11.7 Å². The third-order valence-corrected chi connectivity index (χ3v) is 5.16. The Bertz CT molecular complexity index is 673. The van der Waals surface area contributed by atoms with E-state index in [1.807, 2.05) is 12.3 Å². The number of aromatic nitrogens is 1. The van der Waals surface area contributed by atoms with Crippen LogP contribution in [-0.4, -0.2) is 23.6 Å². The molecule has 3 nitrogen and oxygen atoms in total. The standard InChI is InChI=1S/C17H20FN3/c18-13-1-2-15-14(11-13)16(3-8-20-15)21-9-4-12(5-10-21)17(19)6-7-17/h1-3,8,11-12H,4-7,9-10,19H2. The second-order valence-corrected chi connectivity index (χ2v) is 6.49. The first kappa shape index (κ1) is 13.0. The van der Waals surface area contributed by atoms with Gasteiger partial charge in [0.25, 0.3) is 0 Å². The van der Waals surface area contributed by atoms with Crippen LogP contribution >= 0.6 is 0 Å². The first-order chi connectivity index (χ1) is 10.2. The molecule has 1 aromatic heterocycles. The number of nitrogens with zero attached hydrogens (tertiary/aromatic N) is 2. The lowest BCUT2D eigenvalue weighted by atomic mass is 9.87. The van der Waals surface area contributed by atoms with E-state index in [0.29, 0.717) is 5.92 Å². The number of fused-ring (bicyclic) bond motifs is 1. The van der Waals surface area contributed by atoms with Crippen molar-refractivity contribution in [3.05, 3.63) is 36.3 Å². The average molecular weight is 285 g/mol. The number of piperidine rings is 1. The summed E-state index contributed by atoms with van der Waals surface area (Å²) in [5, 5.41) is 0.907. The zero-order valence-corrected chi connectivity index (χ0v) is 12.1. The van der Waals surface area contributed by atoms with Crippen molar-refractivity contribution >= 4 is 16.6 Å². The Hall–Kier alpha value is -1.68. The normalized spacial score (nSPS) is 21.7.